The fraction of sp³-hybridized carbons (Fsp3) is 0.381. The maximum Gasteiger partial charge on any atom is 0.188 e. The molecule has 158 valence electrons. The van der Waals surface area contributed by atoms with Crippen LogP contribution in [0.15, 0.2) is 51.9 Å². The number of guanidine groups is 1. The predicted octanol–water partition coefficient (Wildman–Crippen LogP) is 4.02. The Kier molecular flexibility index (Phi) is 9.35. The highest BCUT2D eigenvalue weighted by molar-refractivity contribution is 14.0. The number of hydrogen-bond donors (Lipinski definition) is 2. The largest absolute Gasteiger partial charge is 0.493 e. The Hall–Kier alpha value is -1.68. The van der Waals surface area contributed by atoms with Crippen molar-refractivity contribution in [3.63, 3.8) is 0 Å². The topological polar surface area (TPSA) is 72.1 Å². The zero-order valence-electron chi connectivity index (χ0n) is 16.7. The van der Waals surface area contributed by atoms with E-state index in [-0.39, 0.29) is 24.0 Å². The number of anilines is 1. The Morgan fingerprint density at radius 1 is 1.17 bits per heavy atom. The number of nitrogens with two attached hydrogens (primary N) is 1. The molecule has 1 aliphatic rings. The molecule has 0 spiro atoms. The lowest BCUT2D eigenvalue weighted by Crippen LogP contribution is -2.36. The van der Waals surface area contributed by atoms with Gasteiger partial charge in [0.15, 0.2) is 17.5 Å². The first-order valence-corrected chi connectivity index (χ1v) is 10.1. The molecule has 0 amide bonds. The molecule has 1 aliphatic heterocycles. The maximum atomic E-state index is 6.05. The second kappa shape index (κ2) is 11.5. The molecule has 0 aromatic heterocycles. The van der Waals surface area contributed by atoms with Gasteiger partial charge in [0.25, 0.3) is 0 Å². The van der Waals surface area contributed by atoms with E-state index in [1.807, 2.05) is 18.2 Å². The molecule has 0 saturated carbocycles. The summed E-state index contributed by atoms with van der Waals surface area (Å²) >= 11 is 3.48. The van der Waals surface area contributed by atoms with Crippen LogP contribution in [0.3, 0.4) is 0 Å². The standard InChI is InChI=1S/C21H27BrN4O2.HI/c1-27-19-8-3-15(11-20(19)28-2)12-24-21(23)25-13-16-9-10-26(14-16)18-6-4-17(22)5-7-18;/h3-8,11,16H,9-10,12-14H2,1-2H3,(H3,23,24,25);1H. The number of nitrogens with one attached hydrogen (secondary N) is 1. The zero-order chi connectivity index (χ0) is 19.9. The van der Waals surface area contributed by atoms with Gasteiger partial charge in [-0.1, -0.05) is 22.0 Å². The number of rotatable bonds is 7. The molecule has 1 heterocycles. The van der Waals surface area contributed by atoms with Crippen LogP contribution in [-0.2, 0) is 6.54 Å². The fourth-order valence-corrected chi connectivity index (χ4v) is 3.61. The van der Waals surface area contributed by atoms with E-state index >= 15 is 0 Å². The number of nitrogens with zero attached hydrogens (tertiary/aromatic N) is 2. The Labute approximate surface area is 198 Å². The Balaban J connectivity index is 0.00000300. The van der Waals surface area contributed by atoms with Crippen molar-refractivity contribution < 1.29 is 9.47 Å². The minimum absolute atomic E-state index is 0. The van der Waals surface area contributed by atoms with Crippen LogP contribution in [-0.4, -0.2) is 39.8 Å². The van der Waals surface area contributed by atoms with Crippen molar-refractivity contribution >= 4 is 51.6 Å². The van der Waals surface area contributed by atoms with E-state index in [0.717, 1.165) is 36.1 Å². The summed E-state index contributed by atoms with van der Waals surface area (Å²) in [6.45, 7) is 3.41. The van der Waals surface area contributed by atoms with Gasteiger partial charge >= 0.3 is 0 Å². The lowest BCUT2D eigenvalue weighted by molar-refractivity contribution is 0.354. The Morgan fingerprint density at radius 2 is 1.90 bits per heavy atom. The van der Waals surface area contributed by atoms with Crippen molar-refractivity contribution in [2.75, 3.05) is 38.8 Å². The molecule has 29 heavy (non-hydrogen) atoms. The molecule has 0 aliphatic carbocycles. The zero-order valence-corrected chi connectivity index (χ0v) is 20.6. The lowest BCUT2D eigenvalue weighted by atomic mass is 10.1. The number of methoxy groups -OCH3 is 2. The molecule has 0 radical (unpaired) electrons. The summed E-state index contributed by atoms with van der Waals surface area (Å²) in [5.41, 5.74) is 8.34. The number of hydrogen-bond acceptors (Lipinski definition) is 4. The molecular weight excluding hydrogens is 547 g/mol. The average molecular weight is 575 g/mol. The van der Waals surface area contributed by atoms with Crippen molar-refractivity contribution in [1.29, 1.82) is 0 Å². The van der Waals surface area contributed by atoms with Crippen LogP contribution >= 0.6 is 39.9 Å². The van der Waals surface area contributed by atoms with Gasteiger partial charge in [-0.05, 0) is 54.3 Å². The summed E-state index contributed by atoms with van der Waals surface area (Å²) in [6, 6.07) is 14.2. The van der Waals surface area contributed by atoms with Crippen molar-refractivity contribution in [1.82, 2.24) is 5.32 Å². The monoisotopic (exact) mass is 574 g/mol. The third-order valence-electron chi connectivity index (χ3n) is 4.93. The first kappa shape index (κ1) is 23.6. The smallest absolute Gasteiger partial charge is 0.188 e. The third-order valence-corrected chi connectivity index (χ3v) is 5.46. The molecule has 6 nitrogen and oxygen atoms in total. The molecule has 3 rings (SSSR count). The van der Waals surface area contributed by atoms with Crippen LogP contribution in [0.2, 0.25) is 0 Å². The first-order chi connectivity index (χ1) is 13.6. The number of halogens is 2. The van der Waals surface area contributed by atoms with Crippen LogP contribution in [0.4, 0.5) is 5.69 Å². The lowest BCUT2D eigenvalue weighted by Gasteiger charge is -2.19. The Morgan fingerprint density at radius 3 is 2.59 bits per heavy atom. The fourth-order valence-electron chi connectivity index (χ4n) is 3.35. The normalized spacial score (nSPS) is 16.3. The second-order valence-corrected chi connectivity index (χ2v) is 7.76. The summed E-state index contributed by atoms with van der Waals surface area (Å²) in [5, 5.41) is 3.26. The van der Waals surface area contributed by atoms with Gasteiger partial charge < -0.3 is 25.4 Å². The van der Waals surface area contributed by atoms with E-state index in [1.54, 1.807) is 14.2 Å². The van der Waals surface area contributed by atoms with Gasteiger partial charge in [-0.15, -0.1) is 24.0 Å². The average Bonchev–Trinajstić information content (AvgIpc) is 3.20. The van der Waals surface area contributed by atoms with Crippen LogP contribution in [0.1, 0.15) is 12.0 Å². The van der Waals surface area contributed by atoms with Gasteiger partial charge in [0, 0.05) is 29.8 Å². The summed E-state index contributed by atoms with van der Waals surface area (Å²) in [5.74, 6) is 2.42. The highest BCUT2D eigenvalue weighted by atomic mass is 127. The van der Waals surface area contributed by atoms with Gasteiger partial charge in [0.05, 0.1) is 20.8 Å². The first-order valence-electron chi connectivity index (χ1n) is 9.34. The van der Waals surface area contributed by atoms with E-state index < -0.39 is 0 Å². The van der Waals surface area contributed by atoms with Gasteiger partial charge in [-0.25, -0.2) is 4.99 Å². The summed E-state index contributed by atoms with van der Waals surface area (Å²) in [4.78, 5) is 6.85. The molecule has 2 aromatic carbocycles. The van der Waals surface area contributed by atoms with E-state index in [4.69, 9.17) is 15.2 Å². The molecule has 0 bridgehead atoms. The van der Waals surface area contributed by atoms with Crippen molar-refractivity contribution in [2.24, 2.45) is 16.6 Å². The summed E-state index contributed by atoms with van der Waals surface area (Å²) < 4.78 is 11.7. The van der Waals surface area contributed by atoms with Crippen molar-refractivity contribution in [3.8, 4) is 11.5 Å². The molecule has 8 heteroatoms. The van der Waals surface area contributed by atoms with E-state index in [9.17, 15) is 0 Å². The third kappa shape index (κ3) is 6.67. The van der Waals surface area contributed by atoms with Crippen LogP contribution in [0.25, 0.3) is 0 Å². The van der Waals surface area contributed by atoms with Gasteiger partial charge in [0.2, 0.25) is 0 Å². The SMILES string of the molecule is COc1ccc(CN=C(N)NCC2CCN(c3ccc(Br)cc3)C2)cc1OC.I. The van der Waals surface area contributed by atoms with Gasteiger partial charge in [-0.2, -0.15) is 0 Å². The highest BCUT2D eigenvalue weighted by Crippen LogP contribution is 2.28. The molecule has 3 N–H and O–H groups in total. The van der Waals surface area contributed by atoms with Crippen molar-refractivity contribution in [2.45, 2.75) is 13.0 Å². The van der Waals surface area contributed by atoms with Crippen LogP contribution in [0.5, 0.6) is 11.5 Å². The molecular formula is C21H28BrIN4O2. The minimum atomic E-state index is 0. The number of ether oxygens (including phenoxy) is 2. The number of benzene rings is 2. The quantitative estimate of drug-likeness (QED) is 0.297. The van der Waals surface area contributed by atoms with E-state index in [2.05, 4.69) is 55.4 Å². The van der Waals surface area contributed by atoms with E-state index in [0.29, 0.717) is 29.9 Å². The molecule has 1 unspecified atom stereocenters. The minimum Gasteiger partial charge on any atom is -0.493 e. The summed E-state index contributed by atoms with van der Waals surface area (Å²) in [6.07, 6.45) is 1.14. The highest BCUT2D eigenvalue weighted by Gasteiger charge is 2.22. The predicted molar refractivity (Wildman–Crippen MR) is 133 cm³/mol. The molecule has 2 aromatic rings. The molecule has 1 atom stereocenters. The van der Waals surface area contributed by atoms with Gasteiger partial charge in [-0.3, -0.25) is 0 Å². The maximum absolute atomic E-state index is 6.05. The van der Waals surface area contributed by atoms with Crippen LogP contribution in [0, 0.1) is 5.92 Å². The van der Waals surface area contributed by atoms with Crippen LogP contribution < -0.4 is 25.4 Å². The summed E-state index contributed by atoms with van der Waals surface area (Å²) in [7, 11) is 3.25. The Bertz CT molecular complexity index is 817. The molecule has 1 saturated heterocycles. The number of aliphatic imine (C=N–C) groups is 1. The molecule has 1 fully saturated rings. The van der Waals surface area contributed by atoms with Crippen molar-refractivity contribution in [3.05, 3.63) is 52.5 Å². The van der Waals surface area contributed by atoms with E-state index in [1.165, 1.54) is 5.69 Å². The van der Waals surface area contributed by atoms with Gasteiger partial charge in [0.1, 0.15) is 0 Å². The second-order valence-electron chi connectivity index (χ2n) is 6.85.